The monoisotopic (exact) mass is 533 g/mol. The van der Waals surface area contributed by atoms with Crippen LogP contribution in [0.25, 0.3) is 16.7 Å². The van der Waals surface area contributed by atoms with Gasteiger partial charge in [0.2, 0.25) is 5.76 Å². The highest BCUT2D eigenvalue weighted by atomic mass is 35.5. The van der Waals surface area contributed by atoms with Crippen LogP contribution >= 0.6 is 11.6 Å². The van der Waals surface area contributed by atoms with Crippen LogP contribution in [-0.4, -0.2) is 27.9 Å². The van der Waals surface area contributed by atoms with E-state index in [2.05, 4.69) is 10.2 Å². The third-order valence-electron chi connectivity index (χ3n) is 6.54. The number of carboxylic acid groups (broad SMARTS) is 1. The smallest absolute Gasteiger partial charge is 0.371 e. The Labute approximate surface area is 227 Å². The highest BCUT2D eigenvalue weighted by molar-refractivity contribution is 6.32. The van der Waals surface area contributed by atoms with E-state index < -0.39 is 5.97 Å². The standard InChI is InChI=1S/C30H32ClN3O4/c1-17-15-23(16-18(2)28(17)31)37-14-6-7-21(10-11-22-12-13-26(38-22)30(35)36)24-8-5-9-25(29(24)32)27-19(3)33-34-20(27)4/h5,8-10,12-13,15-16H,6-7,11,14,32H2,1-4H3,(H,33,34)(H,35,36)/b21-10+. The molecule has 0 saturated heterocycles. The summed E-state index contributed by atoms with van der Waals surface area (Å²) in [6, 6.07) is 13.0. The number of hydrogen-bond donors (Lipinski definition) is 3. The lowest BCUT2D eigenvalue weighted by Gasteiger charge is -2.16. The van der Waals surface area contributed by atoms with Gasteiger partial charge in [0.15, 0.2) is 0 Å². The number of carboxylic acids is 1. The van der Waals surface area contributed by atoms with E-state index in [1.54, 1.807) is 6.07 Å². The number of ether oxygens (including phenoxy) is 1. The molecule has 4 rings (SSSR count). The molecule has 2 aromatic heterocycles. The molecule has 4 N–H and O–H groups in total. The van der Waals surface area contributed by atoms with Crippen LogP contribution in [0, 0.1) is 27.7 Å². The Morgan fingerprint density at radius 3 is 2.53 bits per heavy atom. The molecule has 38 heavy (non-hydrogen) atoms. The van der Waals surface area contributed by atoms with Gasteiger partial charge in [0.05, 0.1) is 12.3 Å². The Hall–Kier alpha value is -3.97. The first-order chi connectivity index (χ1) is 18.2. The van der Waals surface area contributed by atoms with Gasteiger partial charge < -0.3 is 20.0 Å². The molecule has 8 heteroatoms. The predicted octanol–water partition coefficient (Wildman–Crippen LogP) is 7.32. The summed E-state index contributed by atoms with van der Waals surface area (Å²) in [5.41, 5.74) is 15.1. The van der Waals surface area contributed by atoms with Gasteiger partial charge in [-0.15, -0.1) is 0 Å². The second-order valence-corrected chi connectivity index (χ2v) is 9.78. The minimum atomic E-state index is -1.09. The van der Waals surface area contributed by atoms with Crippen molar-refractivity contribution in [2.75, 3.05) is 12.3 Å². The zero-order valence-electron chi connectivity index (χ0n) is 22.0. The van der Waals surface area contributed by atoms with Crippen molar-refractivity contribution in [3.63, 3.8) is 0 Å². The van der Waals surface area contributed by atoms with Crippen LogP contribution < -0.4 is 10.5 Å². The highest BCUT2D eigenvalue weighted by Gasteiger charge is 2.16. The third kappa shape index (κ3) is 5.94. The molecule has 0 aliphatic heterocycles. The van der Waals surface area contributed by atoms with Gasteiger partial charge >= 0.3 is 5.97 Å². The SMILES string of the molecule is Cc1cc(OCCC/C(=C\Cc2ccc(C(=O)O)o2)c2cccc(-c3c(C)n[nH]c3C)c2N)cc(C)c1Cl. The number of aromatic nitrogens is 2. The van der Waals surface area contributed by atoms with Gasteiger partial charge in [-0.3, -0.25) is 5.10 Å². The molecule has 0 atom stereocenters. The van der Waals surface area contributed by atoms with Crippen molar-refractivity contribution in [3.05, 3.63) is 93.2 Å². The average molecular weight is 534 g/mol. The Morgan fingerprint density at radius 2 is 1.89 bits per heavy atom. The fraction of sp³-hybridized carbons (Fsp3) is 0.267. The number of nitrogens with two attached hydrogens (primary N) is 1. The van der Waals surface area contributed by atoms with Crippen LogP contribution in [0.3, 0.4) is 0 Å². The Morgan fingerprint density at radius 1 is 1.16 bits per heavy atom. The quantitative estimate of drug-likeness (QED) is 0.145. The molecule has 2 aromatic carbocycles. The largest absolute Gasteiger partial charge is 0.494 e. The predicted molar refractivity (Wildman–Crippen MR) is 151 cm³/mol. The van der Waals surface area contributed by atoms with E-state index in [1.807, 2.05) is 64.1 Å². The molecule has 4 aromatic rings. The highest BCUT2D eigenvalue weighted by Crippen LogP contribution is 2.36. The first kappa shape index (κ1) is 27.1. The van der Waals surface area contributed by atoms with Crippen LogP contribution in [-0.2, 0) is 6.42 Å². The third-order valence-corrected chi connectivity index (χ3v) is 7.14. The lowest BCUT2D eigenvalue weighted by molar-refractivity contribution is 0.0660. The van der Waals surface area contributed by atoms with Gasteiger partial charge in [-0.25, -0.2) is 4.79 Å². The summed E-state index contributed by atoms with van der Waals surface area (Å²) in [4.78, 5) is 11.2. The lowest BCUT2D eigenvalue weighted by atomic mass is 9.92. The number of allylic oxidation sites excluding steroid dienone is 2. The number of benzene rings is 2. The summed E-state index contributed by atoms with van der Waals surface area (Å²) >= 11 is 6.29. The first-order valence-electron chi connectivity index (χ1n) is 12.5. The zero-order valence-corrected chi connectivity index (χ0v) is 22.8. The Bertz CT molecular complexity index is 1460. The van der Waals surface area contributed by atoms with E-state index in [1.165, 1.54) is 6.07 Å². The number of rotatable bonds is 10. The molecule has 7 nitrogen and oxygen atoms in total. The molecule has 0 fully saturated rings. The normalized spacial score (nSPS) is 11.7. The molecule has 0 amide bonds. The molecule has 0 spiro atoms. The Kier molecular flexibility index (Phi) is 8.27. The van der Waals surface area contributed by atoms with Crippen LogP contribution in [0.1, 0.15) is 57.2 Å². The maximum Gasteiger partial charge on any atom is 0.371 e. The van der Waals surface area contributed by atoms with Crippen LogP contribution in [0.2, 0.25) is 5.02 Å². The van der Waals surface area contributed by atoms with E-state index >= 15 is 0 Å². The number of anilines is 1. The minimum Gasteiger partial charge on any atom is -0.494 e. The van der Waals surface area contributed by atoms with Crippen LogP contribution in [0.4, 0.5) is 5.69 Å². The number of para-hydroxylation sites is 1. The van der Waals surface area contributed by atoms with Gasteiger partial charge in [0, 0.05) is 39.5 Å². The summed E-state index contributed by atoms with van der Waals surface area (Å²) in [5, 5.41) is 17.3. The maximum atomic E-state index is 11.2. The van der Waals surface area contributed by atoms with E-state index in [0.29, 0.717) is 30.9 Å². The molecular formula is C30H32ClN3O4. The number of halogens is 1. The summed E-state index contributed by atoms with van der Waals surface area (Å²) < 4.78 is 11.5. The number of carbonyl (C=O) groups is 1. The molecule has 2 heterocycles. The van der Waals surface area contributed by atoms with Gasteiger partial charge in [-0.05, 0) is 81.5 Å². The van der Waals surface area contributed by atoms with E-state index in [9.17, 15) is 9.90 Å². The van der Waals surface area contributed by atoms with Crippen molar-refractivity contribution in [2.24, 2.45) is 0 Å². The Balaban J connectivity index is 1.59. The second-order valence-electron chi connectivity index (χ2n) is 9.40. The molecule has 0 aliphatic rings. The fourth-order valence-electron chi connectivity index (χ4n) is 4.63. The fourth-order valence-corrected chi connectivity index (χ4v) is 4.74. The number of H-pyrrole nitrogens is 1. The zero-order chi connectivity index (χ0) is 27.4. The molecule has 198 valence electrons. The van der Waals surface area contributed by atoms with Crippen molar-refractivity contribution in [1.29, 1.82) is 0 Å². The van der Waals surface area contributed by atoms with Gasteiger partial charge in [-0.2, -0.15) is 5.10 Å². The van der Waals surface area contributed by atoms with Crippen LogP contribution in [0.5, 0.6) is 5.75 Å². The second kappa shape index (κ2) is 11.6. The summed E-state index contributed by atoms with van der Waals surface area (Å²) in [7, 11) is 0. The van der Waals surface area contributed by atoms with E-state index in [4.69, 9.17) is 26.5 Å². The number of furan rings is 1. The van der Waals surface area contributed by atoms with Crippen molar-refractivity contribution < 1.29 is 19.1 Å². The molecule has 0 radical (unpaired) electrons. The molecule has 0 bridgehead atoms. The van der Waals surface area contributed by atoms with E-state index in [-0.39, 0.29) is 5.76 Å². The minimum absolute atomic E-state index is 0.0793. The molecular weight excluding hydrogens is 502 g/mol. The number of nitrogens with one attached hydrogen (secondary N) is 1. The number of aryl methyl sites for hydroxylation is 4. The van der Waals surface area contributed by atoms with Crippen molar-refractivity contribution >= 4 is 28.8 Å². The number of hydrogen-bond acceptors (Lipinski definition) is 5. The van der Waals surface area contributed by atoms with E-state index in [0.717, 1.165) is 62.0 Å². The first-order valence-corrected chi connectivity index (χ1v) is 12.8. The summed E-state index contributed by atoms with van der Waals surface area (Å²) in [5.74, 6) is 0.191. The summed E-state index contributed by atoms with van der Waals surface area (Å²) in [6.45, 7) is 8.38. The maximum absolute atomic E-state index is 11.2. The number of aromatic carboxylic acids is 1. The van der Waals surface area contributed by atoms with Crippen molar-refractivity contribution in [1.82, 2.24) is 10.2 Å². The van der Waals surface area contributed by atoms with Gasteiger partial charge in [0.1, 0.15) is 11.5 Å². The average Bonchev–Trinajstić information content (AvgIpc) is 3.49. The lowest BCUT2D eigenvalue weighted by Crippen LogP contribution is -2.02. The number of nitrogen functional groups attached to an aromatic ring is 1. The van der Waals surface area contributed by atoms with Gasteiger partial charge in [0.25, 0.3) is 0 Å². The van der Waals surface area contributed by atoms with Gasteiger partial charge in [-0.1, -0.05) is 35.9 Å². The van der Waals surface area contributed by atoms with Crippen molar-refractivity contribution in [2.45, 2.75) is 47.0 Å². The topological polar surface area (TPSA) is 114 Å². The number of aromatic amines is 1. The molecule has 0 saturated carbocycles. The molecule has 0 aliphatic carbocycles. The molecule has 0 unspecified atom stereocenters. The van der Waals surface area contributed by atoms with Crippen molar-refractivity contribution in [3.8, 4) is 16.9 Å². The number of nitrogens with zero attached hydrogens (tertiary/aromatic N) is 1. The summed E-state index contributed by atoms with van der Waals surface area (Å²) in [6.07, 6.45) is 3.94. The van der Waals surface area contributed by atoms with Crippen LogP contribution in [0.15, 0.2) is 53.0 Å².